The molecule has 0 aromatic carbocycles. The second-order valence-electron chi connectivity index (χ2n) is 3.89. The predicted octanol–water partition coefficient (Wildman–Crippen LogP) is 0.833. The van der Waals surface area contributed by atoms with E-state index in [2.05, 4.69) is 17.3 Å². The van der Waals surface area contributed by atoms with E-state index < -0.39 is 0 Å². The first-order valence-electron chi connectivity index (χ1n) is 4.81. The van der Waals surface area contributed by atoms with Gasteiger partial charge in [-0.3, -0.25) is 0 Å². The molecule has 0 aromatic rings. The summed E-state index contributed by atoms with van der Waals surface area (Å²) in [4.78, 5) is 2.52. The summed E-state index contributed by atoms with van der Waals surface area (Å²) in [6.07, 6.45) is 5.59. The number of nitrogens with one attached hydrogen (secondary N) is 1. The molecular weight excluding hydrogens is 136 g/mol. The van der Waals surface area contributed by atoms with Crippen molar-refractivity contribution in [1.82, 2.24) is 10.2 Å². The zero-order valence-corrected chi connectivity index (χ0v) is 7.34. The maximum Gasteiger partial charge on any atom is 0.0246 e. The molecule has 2 fully saturated rings. The van der Waals surface area contributed by atoms with Gasteiger partial charge in [-0.15, -0.1) is 0 Å². The summed E-state index contributed by atoms with van der Waals surface area (Å²) >= 11 is 0. The first-order valence-corrected chi connectivity index (χ1v) is 4.81. The zero-order valence-electron chi connectivity index (χ0n) is 7.34. The molecule has 0 saturated carbocycles. The van der Waals surface area contributed by atoms with Crippen LogP contribution in [0, 0.1) is 0 Å². The Morgan fingerprint density at radius 3 is 2.73 bits per heavy atom. The minimum absolute atomic E-state index is 0.808. The molecule has 0 radical (unpaired) electrons. The molecule has 0 aromatic heterocycles. The number of hydrogen-bond acceptors (Lipinski definition) is 2. The molecule has 64 valence electrons. The van der Waals surface area contributed by atoms with Crippen molar-refractivity contribution < 1.29 is 0 Å². The van der Waals surface area contributed by atoms with Gasteiger partial charge >= 0.3 is 0 Å². The average molecular weight is 154 g/mol. The van der Waals surface area contributed by atoms with Gasteiger partial charge in [0.25, 0.3) is 0 Å². The average Bonchev–Trinajstić information content (AvgIpc) is 2.55. The van der Waals surface area contributed by atoms with Crippen molar-refractivity contribution in [3.05, 3.63) is 0 Å². The van der Waals surface area contributed by atoms with Gasteiger partial charge in [0, 0.05) is 12.1 Å². The highest BCUT2D eigenvalue weighted by Crippen LogP contribution is 2.22. The molecule has 2 saturated heterocycles. The van der Waals surface area contributed by atoms with Gasteiger partial charge in [0.2, 0.25) is 0 Å². The highest BCUT2D eigenvalue weighted by Gasteiger charge is 2.30. The Bertz CT molecular complexity index is 130. The standard InChI is InChI=1S/C9H18N2/c1-11-7-3-5-9(11)8-4-2-6-10-8/h8-10H,2-7H2,1H3/t8-,9?/m0/s1. The Hall–Kier alpha value is -0.0800. The van der Waals surface area contributed by atoms with Crippen LogP contribution in [0.15, 0.2) is 0 Å². The minimum atomic E-state index is 0.808. The summed E-state index contributed by atoms with van der Waals surface area (Å²) in [5, 5.41) is 3.59. The number of nitrogens with zero attached hydrogens (tertiary/aromatic N) is 1. The van der Waals surface area contributed by atoms with Gasteiger partial charge in [-0.05, 0) is 45.8 Å². The van der Waals surface area contributed by atoms with Crippen LogP contribution in [0.2, 0.25) is 0 Å². The summed E-state index contributed by atoms with van der Waals surface area (Å²) < 4.78 is 0. The van der Waals surface area contributed by atoms with Crippen LogP contribution in [0.5, 0.6) is 0 Å². The molecule has 2 atom stereocenters. The van der Waals surface area contributed by atoms with E-state index >= 15 is 0 Å². The van der Waals surface area contributed by atoms with Crippen molar-refractivity contribution in [3.63, 3.8) is 0 Å². The van der Waals surface area contributed by atoms with Crippen LogP contribution in [0.4, 0.5) is 0 Å². The third-order valence-electron chi connectivity index (χ3n) is 3.14. The maximum atomic E-state index is 3.59. The lowest BCUT2D eigenvalue weighted by molar-refractivity contribution is 0.258. The fourth-order valence-electron chi connectivity index (χ4n) is 2.48. The Labute approximate surface area is 69.0 Å². The molecule has 2 heterocycles. The van der Waals surface area contributed by atoms with E-state index in [9.17, 15) is 0 Å². The third-order valence-corrected chi connectivity index (χ3v) is 3.14. The number of likely N-dealkylation sites (tertiary alicyclic amines) is 1. The van der Waals surface area contributed by atoms with Crippen molar-refractivity contribution in [2.24, 2.45) is 0 Å². The summed E-state index contributed by atoms with van der Waals surface area (Å²) in [5.74, 6) is 0. The molecule has 11 heavy (non-hydrogen) atoms. The van der Waals surface area contributed by atoms with Crippen LogP contribution in [-0.4, -0.2) is 37.1 Å². The van der Waals surface area contributed by atoms with E-state index in [1.165, 1.54) is 38.8 Å². The second kappa shape index (κ2) is 3.11. The first kappa shape index (κ1) is 7.56. The Morgan fingerprint density at radius 1 is 1.27 bits per heavy atom. The molecule has 2 aliphatic rings. The molecular formula is C9H18N2. The van der Waals surface area contributed by atoms with Crippen molar-refractivity contribution in [3.8, 4) is 0 Å². The highest BCUT2D eigenvalue weighted by atomic mass is 15.2. The van der Waals surface area contributed by atoms with Crippen LogP contribution in [0.1, 0.15) is 25.7 Å². The van der Waals surface area contributed by atoms with Crippen LogP contribution in [0.3, 0.4) is 0 Å². The highest BCUT2D eigenvalue weighted by molar-refractivity contribution is 4.90. The maximum absolute atomic E-state index is 3.59. The molecule has 1 unspecified atom stereocenters. The van der Waals surface area contributed by atoms with Crippen molar-refractivity contribution >= 4 is 0 Å². The molecule has 0 bridgehead atoms. The summed E-state index contributed by atoms with van der Waals surface area (Å²) in [6, 6.07) is 1.65. The summed E-state index contributed by atoms with van der Waals surface area (Å²) in [6.45, 7) is 2.55. The largest absolute Gasteiger partial charge is 0.312 e. The topological polar surface area (TPSA) is 15.3 Å². The van der Waals surface area contributed by atoms with E-state index in [1.54, 1.807) is 0 Å². The van der Waals surface area contributed by atoms with Crippen LogP contribution in [-0.2, 0) is 0 Å². The van der Waals surface area contributed by atoms with Crippen LogP contribution in [0.25, 0.3) is 0 Å². The fourth-order valence-corrected chi connectivity index (χ4v) is 2.48. The Morgan fingerprint density at radius 2 is 2.18 bits per heavy atom. The van der Waals surface area contributed by atoms with E-state index in [-0.39, 0.29) is 0 Å². The lowest BCUT2D eigenvalue weighted by Crippen LogP contribution is -2.41. The van der Waals surface area contributed by atoms with Crippen LogP contribution >= 0.6 is 0 Å². The second-order valence-corrected chi connectivity index (χ2v) is 3.89. The molecule has 2 aliphatic heterocycles. The monoisotopic (exact) mass is 154 g/mol. The van der Waals surface area contributed by atoms with Gasteiger partial charge in [0.1, 0.15) is 0 Å². The lowest BCUT2D eigenvalue weighted by atomic mass is 10.0. The fraction of sp³-hybridized carbons (Fsp3) is 1.00. The Kier molecular flexibility index (Phi) is 2.14. The van der Waals surface area contributed by atoms with Crippen molar-refractivity contribution in [1.29, 1.82) is 0 Å². The smallest absolute Gasteiger partial charge is 0.0246 e. The van der Waals surface area contributed by atoms with E-state index in [4.69, 9.17) is 0 Å². The first-order chi connectivity index (χ1) is 5.38. The number of hydrogen-bond donors (Lipinski definition) is 1. The Balaban J connectivity index is 1.92. The number of rotatable bonds is 1. The lowest BCUT2D eigenvalue weighted by Gasteiger charge is -2.25. The van der Waals surface area contributed by atoms with Crippen LogP contribution < -0.4 is 5.32 Å². The molecule has 2 rings (SSSR count). The SMILES string of the molecule is CN1CCCC1[C@@H]1CCCN1. The van der Waals surface area contributed by atoms with Gasteiger partial charge in [0.05, 0.1) is 0 Å². The van der Waals surface area contributed by atoms with Crippen molar-refractivity contribution in [2.75, 3.05) is 20.1 Å². The summed E-state index contributed by atoms with van der Waals surface area (Å²) in [5.41, 5.74) is 0. The third kappa shape index (κ3) is 1.42. The number of likely N-dealkylation sites (N-methyl/N-ethyl adjacent to an activating group) is 1. The van der Waals surface area contributed by atoms with E-state index in [1.807, 2.05) is 0 Å². The van der Waals surface area contributed by atoms with Gasteiger partial charge in [-0.25, -0.2) is 0 Å². The molecule has 0 amide bonds. The van der Waals surface area contributed by atoms with Crippen molar-refractivity contribution in [2.45, 2.75) is 37.8 Å². The van der Waals surface area contributed by atoms with E-state index in [0.29, 0.717) is 0 Å². The molecule has 0 spiro atoms. The van der Waals surface area contributed by atoms with Gasteiger partial charge in [-0.2, -0.15) is 0 Å². The minimum Gasteiger partial charge on any atom is -0.312 e. The van der Waals surface area contributed by atoms with Gasteiger partial charge in [-0.1, -0.05) is 0 Å². The van der Waals surface area contributed by atoms with Gasteiger partial charge in [0.15, 0.2) is 0 Å². The normalized spacial score (nSPS) is 40.1. The molecule has 1 N–H and O–H groups in total. The quantitative estimate of drug-likeness (QED) is 0.602. The molecule has 2 heteroatoms. The summed E-state index contributed by atoms with van der Waals surface area (Å²) in [7, 11) is 2.26. The van der Waals surface area contributed by atoms with E-state index in [0.717, 1.165) is 12.1 Å². The predicted molar refractivity (Wildman–Crippen MR) is 46.7 cm³/mol. The van der Waals surface area contributed by atoms with Gasteiger partial charge < -0.3 is 10.2 Å². The molecule has 2 nitrogen and oxygen atoms in total. The zero-order chi connectivity index (χ0) is 7.68. The molecule has 0 aliphatic carbocycles.